The topological polar surface area (TPSA) is 66.7 Å². The molecule has 6 nitrogen and oxygen atoms in total. The third-order valence-electron chi connectivity index (χ3n) is 5.44. The fraction of sp³-hybridized carbons (Fsp3) is 0.435. The Morgan fingerprint density at radius 1 is 1.20 bits per heavy atom. The monoisotopic (exact) mass is 429 g/mol. The van der Waals surface area contributed by atoms with Gasteiger partial charge in [-0.05, 0) is 42.5 Å². The molecule has 1 saturated heterocycles. The van der Waals surface area contributed by atoms with Crippen LogP contribution in [0.3, 0.4) is 0 Å². The number of benzene rings is 2. The molecule has 0 saturated carbocycles. The standard InChI is InChI=1S/C23H28ClN3O3/c1-17(2)14-23(28)26(19-6-4-3-5-7-19)20-10-12-25(13-11-20)16-18-15-21(27(29)30)8-9-22(18)24/h3-9,15,17,20H,10-14,16H2,1-2H3. The second kappa shape index (κ2) is 10.0. The summed E-state index contributed by atoms with van der Waals surface area (Å²) in [6.07, 6.45) is 2.23. The van der Waals surface area contributed by atoms with E-state index < -0.39 is 4.92 Å². The first-order valence-electron chi connectivity index (χ1n) is 10.4. The second-order valence-corrected chi connectivity index (χ2v) is 8.64. The Morgan fingerprint density at radius 3 is 2.47 bits per heavy atom. The maximum Gasteiger partial charge on any atom is 0.269 e. The van der Waals surface area contributed by atoms with Crippen molar-refractivity contribution >= 4 is 28.9 Å². The molecule has 0 aromatic heterocycles. The average molecular weight is 430 g/mol. The summed E-state index contributed by atoms with van der Waals surface area (Å²) in [4.78, 5) is 27.9. The first kappa shape index (κ1) is 22.2. The third-order valence-corrected chi connectivity index (χ3v) is 5.81. The van der Waals surface area contributed by atoms with Gasteiger partial charge in [-0.1, -0.05) is 43.6 Å². The van der Waals surface area contributed by atoms with Crippen molar-refractivity contribution in [2.75, 3.05) is 18.0 Å². The van der Waals surface area contributed by atoms with Crippen molar-refractivity contribution in [3.05, 3.63) is 69.2 Å². The molecule has 2 aromatic rings. The lowest BCUT2D eigenvalue weighted by atomic mass is 9.99. The molecule has 1 amide bonds. The van der Waals surface area contributed by atoms with Crippen LogP contribution in [0.4, 0.5) is 11.4 Å². The molecule has 0 radical (unpaired) electrons. The van der Waals surface area contributed by atoms with E-state index in [0.717, 1.165) is 37.2 Å². The van der Waals surface area contributed by atoms with Crippen molar-refractivity contribution in [3.8, 4) is 0 Å². The quantitative estimate of drug-likeness (QED) is 0.443. The molecule has 160 valence electrons. The summed E-state index contributed by atoms with van der Waals surface area (Å²) < 4.78 is 0. The van der Waals surface area contributed by atoms with Crippen molar-refractivity contribution in [2.24, 2.45) is 5.92 Å². The minimum absolute atomic E-state index is 0.0545. The molecular formula is C23H28ClN3O3. The molecule has 2 aromatic carbocycles. The normalized spacial score (nSPS) is 15.3. The Balaban J connectivity index is 1.69. The highest BCUT2D eigenvalue weighted by molar-refractivity contribution is 6.31. The highest BCUT2D eigenvalue weighted by atomic mass is 35.5. The zero-order valence-electron chi connectivity index (χ0n) is 17.5. The number of carbonyl (C=O) groups is 1. The van der Waals surface area contributed by atoms with Crippen LogP contribution in [-0.2, 0) is 11.3 Å². The smallest absolute Gasteiger partial charge is 0.269 e. The fourth-order valence-corrected chi connectivity index (χ4v) is 4.14. The molecule has 7 heteroatoms. The number of hydrogen-bond donors (Lipinski definition) is 0. The largest absolute Gasteiger partial charge is 0.309 e. The predicted octanol–water partition coefficient (Wildman–Crippen LogP) is 5.29. The van der Waals surface area contributed by atoms with Crippen LogP contribution in [0.1, 0.15) is 38.7 Å². The van der Waals surface area contributed by atoms with Crippen LogP contribution >= 0.6 is 11.6 Å². The first-order valence-corrected chi connectivity index (χ1v) is 10.7. The summed E-state index contributed by atoms with van der Waals surface area (Å²) in [6.45, 7) is 6.31. The number of nitrogens with zero attached hydrogens (tertiary/aromatic N) is 3. The van der Waals surface area contributed by atoms with Crippen LogP contribution in [0.25, 0.3) is 0 Å². The molecule has 0 atom stereocenters. The number of piperidine rings is 1. The highest BCUT2D eigenvalue weighted by Gasteiger charge is 2.29. The van der Waals surface area contributed by atoms with Crippen LogP contribution < -0.4 is 4.90 Å². The van der Waals surface area contributed by atoms with Gasteiger partial charge in [0.15, 0.2) is 0 Å². The molecule has 0 spiro atoms. The van der Waals surface area contributed by atoms with Crippen molar-refractivity contribution in [3.63, 3.8) is 0 Å². The maximum atomic E-state index is 13.0. The van der Waals surface area contributed by atoms with Gasteiger partial charge in [-0.15, -0.1) is 0 Å². The van der Waals surface area contributed by atoms with Crippen molar-refractivity contribution < 1.29 is 9.72 Å². The van der Waals surface area contributed by atoms with Gasteiger partial charge in [0.1, 0.15) is 0 Å². The van der Waals surface area contributed by atoms with Gasteiger partial charge in [-0.3, -0.25) is 19.8 Å². The molecule has 0 aliphatic carbocycles. The van der Waals surface area contributed by atoms with Gasteiger partial charge in [0, 0.05) is 54.9 Å². The lowest BCUT2D eigenvalue weighted by molar-refractivity contribution is -0.384. The van der Waals surface area contributed by atoms with E-state index in [-0.39, 0.29) is 17.6 Å². The van der Waals surface area contributed by atoms with Gasteiger partial charge in [-0.2, -0.15) is 0 Å². The predicted molar refractivity (Wildman–Crippen MR) is 120 cm³/mol. The summed E-state index contributed by atoms with van der Waals surface area (Å²) >= 11 is 6.27. The number of anilines is 1. The molecule has 0 bridgehead atoms. The first-order chi connectivity index (χ1) is 14.3. The van der Waals surface area contributed by atoms with Gasteiger partial charge in [-0.25, -0.2) is 0 Å². The Hall–Kier alpha value is -2.44. The van der Waals surface area contributed by atoms with E-state index in [4.69, 9.17) is 11.6 Å². The lowest BCUT2D eigenvalue weighted by Gasteiger charge is -2.39. The molecule has 1 aliphatic heterocycles. The van der Waals surface area contributed by atoms with Crippen LogP contribution in [-0.4, -0.2) is 34.9 Å². The number of amides is 1. The number of halogens is 1. The van der Waals surface area contributed by atoms with E-state index in [1.54, 1.807) is 12.1 Å². The minimum atomic E-state index is -0.399. The molecule has 0 unspecified atom stereocenters. The van der Waals surface area contributed by atoms with E-state index in [1.165, 1.54) is 6.07 Å². The molecule has 0 N–H and O–H groups in total. The molecule has 1 aliphatic rings. The molecular weight excluding hydrogens is 402 g/mol. The Labute approximate surface area is 182 Å². The number of rotatable bonds is 7. The molecule has 30 heavy (non-hydrogen) atoms. The van der Waals surface area contributed by atoms with Crippen molar-refractivity contribution in [1.82, 2.24) is 4.90 Å². The lowest BCUT2D eigenvalue weighted by Crippen LogP contribution is -2.47. The van der Waals surface area contributed by atoms with Crippen molar-refractivity contribution in [1.29, 1.82) is 0 Å². The summed E-state index contributed by atoms with van der Waals surface area (Å²) in [5.41, 5.74) is 1.77. The second-order valence-electron chi connectivity index (χ2n) is 8.24. The van der Waals surface area contributed by atoms with Gasteiger partial charge in [0.25, 0.3) is 5.69 Å². The van der Waals surface area contributed by atoms with E-state index in [0.29, 0.717) is 23.9 Å². The number of nitro groups is 1. The Morgan fingerprint density at radius 2 is 1.87 bits per heavy atom. The number of likely N-dealkylation sites (tertiary alicyclic amines) is 1. The number of nitro benzene ring substituents is 1. The van der Waals surface area contributed by atoms with Crippen LogP contribution in [0.2, 0.25) is 5.02 Å². The zero-order valence-corrected chi connectivity index (χ0v) is 18.2. The van der Waals surface area contributed by atoms with Gasteiger partial charge >= 0.3 is 0 Å². The van der Waals surface area contributed by atoms with Crippen LogP contribution in [0, 0.1) is 16.0 Å². The van der Waals surface area contributed by atoms with E-state index in [2.05, 4.69) is 18.7 Å². The maximum absolute atomic E-state index is 13.0. The summed E-state index contributed by atoms with van der Waals surface area (Å²) in [5, 5.41) is 11.6. The zero-order chi connectivity index (χ0) is 21.7. The van der Waals surface area contributed by atoms with Gasteiger partial charge in [0.2, 0.25) is 5.91 Å². The number of para-hydroxylation sites is 1. The molecule has 3 rings (SSSR count). The average Bonchev–Trinajstić information content (AvgIpc) is 2.71. The summed E-state index contributed by atoms with van der Waals surface area (Å²) in [7, 11) is 0. The minimum Gasteiger partial charge on any atom is -0.309 e. The number of non-ortho nitro benzene ring substituents is 1. The van der Waals surface area contributed by atoms with Gasteiger partial charge in [0.05, 0.1) is 4.92 Å². The van der Waals surface area contributed by atoms with E-state index >= 15 is 0 Å². The SMILES string of the molecule is CC(C)CC(=O)N(c1ccccc1)C1CCN(Cc2cc([N+](=O)[O-])ccc2Cl)CC1. The molecule has 1 heterocycles. The third kappa shape index (κ3) is 5.58. The Kier molecular flexibility index (Phi) is 7.45. The summed E-state index contributed by atoms with van der Waals surface area (Å²) in [6, 6.07) is 14.6. The van der Waals surface area contributed by atoms with Crippen molar-refractivity contribution in [2.45, 2.75) is 45.7 Å². The highest BCUT2D eigenvalue weighted by Crippen LogP contribution is 2.28. The van der Waals surface area contributed by atoms with Crippen LogP contribution in [0.15, 0.2) is 48.5 Å². The number of hydrogen-bond acceptors (Lipinski definition) is 4. The number of carbonyl (C=O) groups excluding carboxylic acids is 1. The summed E-state index contributed by atoms with van der Waals surface area (Å²) in [5.74, 6) is 0.469. The van der Waals surface area contributed by atoms with Crippen LogP contribution in [0.5, 0.6) is 0 Å². The fourth-order valence-electron chi connectivity index (χ4n) is 3.97. The van der Waals surface area contributed by atoms with Gasteiger partial charge < -0.3 is 4.90 Å². The van der Waals surface area contributed by atoms with E-state index in [9.17, 15) is 14.9 Å². The Bertz CT molecular complexity index is 881. The molecule has 1 fully saturated rings. The van der Waals surface area contributed by atoms with E-state index in [1.807, 2.05) is 35.2 Å².